The largest absolute Gasteiger partial charge is 0.492 e. The predicted octanol–water partition coefficient (Wildman–Crippen LogP) is 5.08. The van der Waals surface area contributed by atoms with Gasteiger partial charge in [-0.3, -0.25) is 4.79 Å². The van der Waals surface area contributed by atoms with Crippen molar-refractivity contribution in [1.29, 1.82) is 0 Å². The minimum atomic E-state index is -0.232. The van der Waals surface area contributed by atoms with Crippen LogP contribution in [0.4, 0.5) is 5.69 Å². The van der Waals surface area contributed by atoms with Crippen LogP contribution in [0.1, 0.15) is 12.5 Å². The smallest absolute Gasteiger partial charge is 0.262 e. The number of hydrogen-bond acceptors (Lipinski definition) is 3. The van der Waals surface area contributed by atoms with Gasteiger partial charge in [-0.25, -0.2) is 0 Å². The molecule has 1 N–H and O–H groups in total. The Morgan fingerprint density at radius 3 is 2.15 bits per heavy atom. The van der Waals surface area contributed by atoms with Crippen molar-refractivity contribution in [2.45, 2.75) is 13.8 Å². The average Bonchev–Trinajstić information content (AvgIpc) is 2.69. The van der Waals surface area contributed by atoms with E-state index < -0.39 is 0 Å². The van der Waals surface area contributed by atoms with Crippen molar-refractivity contribution >= 4 is 11.6 Å². The van der Waals surface area contributed by atoms with Gasteiger partial charge in [0.2, 0.25) is 0 Å². The van der Waals surface area contributed by atoms with Gasteiger partial charge >= 0.3 is 0 Å². The van der Waals surface area contributed by atoms with E-state index in [9.17, 15) is 4.79 Å². The lowest BCUT2D eigenvalue weighted by Gasteiger charge is -2.12. The number of rotatable bonds is 7. The molecule has 0 aromatic heterocycles. The Morgan fingerprint density at radius 1 is 0.852 bits per heavy atom. The van der Waals surface area contributed by atoms with Gasteiger partial charge in [-0.05, 0) is 49.2 Å². The van der Waals surface area contributed by atoms with Crippen LogP contribution in [0.5, 0.6) is 11.5 Å². The maximum Gasteiger partial charge on any atom is 0.262 e. The van der Waals surface area contributed by atoms with Crippen LogP contribution in [-0.4, -0.2) is 19.1 Å². The number of carbonyl (C=O) groups excluding carboxylic acids is 1. The van der Waals surface area contributed by atoms with Crippen LogP contribution < -0.4 is 14.8 Å². The van der Waals surface area contributed by atoms with E-state index in [-0.39, 0.29) is 12.5 Å². The summed E-state index contributed by atoms with van der Waals surface area (Å²) in [6, 6.07) is 23.4. The molecule has 0 radical (unpaired) electrons. The number of para-hydroxylation sites is 2. The molecule has 0 bridgehead atoms. The summed E-state index contributed by atoms with van der Waals surface area (Å²) in [6.07, 6.45) is 0. The summed E-state index contributed by atoms with van der Waals surface area (Å²) in [5.74, 6) is 1.07. The Balaban J connectivity index is 1.57. The highest BCUT2D eigenvalue weighted by atomic mass is 16.5. The summed E-state index contributed by atoms with van der Waals surface area (Å²) >= 11 is 0. The maximum atomic E-state index is 12.2. The van der Waals surface area contributed by atoms with Crippen molar-refractivity contribution in [2.24, 2.45) is 0 Å². The Labute approximate surface area is 159 Å². The molecule has 3 aromatic carbocycles. The number of carbonyl (C=O) groups is 1. The summed E-state index contributed by atoms with van der Waals surface area (Å²) in [6.45, 7) is 4.45. The minimum Gasteiger partial charge on any atom is -0.492 e. The van der Waals surface area contributed by atoms with Gasteiger partial charge in [0.05, 0.1) is 12.3 Å². The van der Waals surface area contributed by atoms with Gasteiger partial charge in [0.1, 0.15) is 11.5 Å². The fourth-order valence-corrected chi connectivity index (χ4v) is 2.68. The number of amides is 1. The zero-order chi connectivity index (χ0) is 19.1. The second-order valence-corrected chi connectivity index (χ2v) is 6.16. The third-order valence-electron chi connectivity index (χ3n) is 4.07. The monoisotopic (exact) mass is 361 g/mol. The first-order chi connectivity index (χ1) is 13.2. The first kappa shape index (κ1) is 18.5. The van der Waals surface area contributed by atoms with E-state index >= 15 is 0 Å². The Hall–Kier alpha value is -3.27. The van der Waals surface area contributed by atoms with Gasteiger partial charge in [-0.1, -0.05) is 54.1 Å². The molecule has 0 fully saturated rings. The summed E-state index contributed by atoms with van der Waals surface area (Å²) in [4.78, 5) is 12.2. The highest BCUT2D eigenvalue weighted by Gasteiger charge is 2.08. The third kappa shape index (κ3) is 5.11. The van der Waals surface area contributed by atoms with E-state index in [1.165, 1.54) is 5.56 Å². The number of anilines is 1. The highest BCUT2D eigenvalue weighted by Crippen LogP contribution is 2.24. The topological polar surface area (TPSA) is 47.6 Å². The molecule has 0 saturated heterocycles. The average molecular weight is 361 g/mol. The van der Waals surface area contributed by atoms with Crippen molar-refractivity contribution < 1.29 is 14.3 Å². The van der Waals surface area contributed by atoms with E-state index in [0.29, 0.717) is 23.8 Å². The molecule has 1 amide bonds. The van der Waals surface area contributed by atoms with Crippen LogP contribution in [0, 0.1) is 6.92 Å². The van der Waals surface area contributed by atoms with Crippen molar-refractivity contribution in [3.8, 4) is 22.6 Å². The maximum absolute atomic E-state index is 12.2. The van der Waals surface area contributed by atoms with Crippen LogP contribution in [-0.2, 0) is 4.79 Å². The van der Waals surface area contributed by atoms with E-state index in [1.54, 1.807) is 6.07 Å². The minimum absolute atomic E-state index is 0.0651. The first-order valence-electron chi connectivity index (χ1n) is 8.97. The van der Waals surface area contributed by atoms with Gasteiger partial charge < -0.3 is 14.8 Å². The van der Waals surface area contributed by atoms with Crippen molar-refractivity contribution in [1.82, 2.24) is 0 Å². The number of ether oxygens (including phenoxy) is 2. The molecule has 0 unspecified atom stereocenters. The van der Waals surface area contributed by atoms with Gasteiger partial charge in [-0.2, -0.15) is 0 Å². The molecule has 3 rings (SSSR count). The number of aryl methyl sites for hydroxylation is 1. The van der Waals surface area contributed by atoms with Gasteiger partial charge in [0, 0.05) is 0 Å². The lowest BCUT2D eigenvalue weighted by molar-refractivity contribution is -0.118. The first-order valence-corrected chi connectivity index (χ1v) is 8.97. The quantitative estimate of drug-likeness (QED) is 0.638. The summed E-state index contributed by atoms with van der Waals surface area (Å²) < 4.78 is 11.1. The van der Waals surface area contributed by atoms with Crippen molar-refractivity contribution in [3.05, 3.63) is 78.4 Å². The summed E-state index contributed by atoms with van der Waals surface area (Å²) in [5, 5.41) is 2.82. The van der Waals surface area contributed by atoms with Gasteiger partial charge in [0.25, 0.3) is 5.91 Å². The molecule has 0 heterocycles. The molecule has 0 atom stereocenters. The zero-order valence-corrected chi connectivity index (χ0v) is 15.6. The molecule has 0 aliphatic heterocycles. The van der Waals surface area contributed by atoms with Gasteiger partial charge in [-0.15, -0.1) is 0 Å². The standard InChI is InChI=1S/C23H23NO3/c1-3-26-22-7-5-4-6-21(22)24-23(25)16-27-20-14-12-19(13-15-20)18-10-8-17(2)9-11-18/h4-15H,3,16H2,1-2H3,(H,24,25). The Kier molecular flexibility index (Phi) is 6.10. The summed E-state index contributed by atoms with van der Waals surface area (Å²) in [7, 11) is 0. The predicted molar refractivity (Wildman–Crippen MR) is 108 cm³/mol. The fraction of sp³-hybridized carbons (Fsp3) is 0.174. The number of nitrogens with one attached hydrogen (secondary N) is 1. The molecule has 0 saturated carbocycles. The Morgan fingerprint density at radius 2 is 1.48 bits per heavy atom. The molecule has 4 heteroatoms. The highest BCUT2D eigenvalue weighted by molar-refractivity contribution is 5.93. The third-order valence-corrected chi connectivity index (χ3v) is 4.07. The molecular formula is C23H23NO3. The van der Waals surface area contributed by atoms with Crippen LogP contribution in [0.2, 0.25) is 0 Å². The molecule has 4 nitrogen and oxygen atoms in total. The SMILES string of the molecule is CCOc1ccccc1NC(=O)COc1ccc(-c2ccc(C)cc2)cc1. The van der Waals surface area contributed by atoms with Gasteiger partial charge in [0.15, 0.2) is 6.61 Å². The molecule has 0 spiro atoms. The van der Waals surface area contributed by atoms with E-state index in [1.807, 2.05) is 49.4 Å². The number of hydrogen-bond donors (Lipinski definition) is 1. The van der Waals surface area contributed by atoms with E-state index in [0.717, 1.165) is 11.1 Å². The zero-order valence-electron chi connectivity index (χ0n) is 15.6. The van der Waals surface area contributed by atoms with Crippen molar-refractivity contribution in [2.75, 3.05) is 18.5 Å². The second kappa shape index (κ2) is 8.90. The normalized spacial score (nSPS) is 10.3. The van der Waals surface area contributed by atoms with Crippen LogP contribution in [0.25, 0.3) is 11.1 Å². The second-order valence-electron chi connectivity index (χ2n) is 6.16. The lowest BCUT2D eigenvalue weighted by atomic mass is 10.0. The lowest BCUT2D eigenvalue weighted by Crippen LogP contribution is -2.20. The fourth-order valence-electron chi connectivity index (χ4n) is 2.68. The molecule has 138 valence electrons. The molecule has 3 aromatic rings. The van der Waals surface area contributed by atoms with Crippen LogP contribution in [0.15, 0.2) is 72.8 Å². The molecule has 27 heavy (non-hydrogen) atoms. The molecular weight excluding hydrogens is 338 g/mol. The van der Waals surface area contributed by atoms with Crippen molar-refractivity contribution in [3.63, 3.8) is 0 Å². The Bertz CT molecular complexity index is 886. The van der Waals surface area contributed by atoms with Crippen LogP contribution >= 0.6 is 0 Å². The molecule has 0 aliphatic rings. The van der Waals surface area contributed by atoms with E-state index in [4.69, 9.17) is 9.47 Å². The van der Waals surface area contributed by atoms with E-state index in [2.05, 4.69) is 36.5 Å². The number of benzene rings is 3. The molecule has 0 aliphatic carbocycles. The van der Waals surface area contributed by atoms with Crippen LogP contribution in [0.3, 0.4) is 0 Å². The summed E-state index contributed by atoms with van der Waals surface area (Å²) in [5.41, 5.74) is 4.13.